The summed E-state index contributed by atoms with van der Waals surface area (Å²) in [5, 5.41) is 2.33. The van der Waals surface area contributed by atoms with Crippen molar-refractivity contribution in [2.24, 2.45) is 0 Å². The Kier molecular flexibility index (Phi) is 6.48. The van der Waals surface area contributed by atoms with Gasteiger partial charge in [-0.3, -0.25) is 13.7 Å². The van der Waals surface area contributed by atoms with Gasteiger partial charge in [0.05, 0.1) is 33.4 Å². The SMILES string of the molecule is [c-]1n(-c2cccc(Oc3ccc4c5ccccc5n(-c5ccccn5)c4c3)c2)c2cccc3c2[n+]1-c1ccccc1-c1ccccc1-c1ccccc1-3. The highest BCUT2D eigenvalue weighted by molar-refractivity contribution is 6.09. The lowest BCUT2D eigenvalue weighted by atomic mass is 9.89. The van der Waals surface area contributed by atoms with Gasteiger partial charge in [0, 0.05) is 23.0 Å². The normalized spacial score (nSPS) is 11.8. The molecule has 0 bridgehead atoms. The number of hydrogen-bond acceptors (Lipinski definition) is 2. The molecule has 248 valence electrons. The van der Waals surface area contributed by atoms with Gasteiger partial charge in [0.15, 0.2) is 0 Å². The predicted octanol–water partition coefficient (Wildman–Crippen LogP) is 11.3. The molecule has 53 heavy (non-hydrogen) atoms. The fourth-order valence-electron chi connectivity index (χ4n) is 8.11. The van der Waals surface area contributed by atoms with E-state index in [1.165, 1.54) is 27.6 Å². The molecule has 5 heteroatoms. The highest BCUT2D eigenvalue weighted by Crippen LogP contribution is 2.43. The van der Waals surface area contributed by atoms with E-state index in [2.05, 4.69) is 160 Å². The maximum Gasteiger partial charge on any atom is 0.269 e. The third-order valence-electron chi connectivity index (χ3n) is 10.4. The largest absolute Gasteiger partial charge is 0.458 e. The average molecular weight is 679 g/mol. The van der Waals surface area contributed by atoms with Crippen LogP contribution in [0.25, 0.3) is 83.4 Å². The Morgan fingerprint density at radius 2 is 1.09 bits per heavy atom. The minimum atomic E-state index is 0.737. The van der Waals surface area contributed by atoms with Gasteiger partial charge in [0.2, 0.25) is 0 Å². The zero-order valence-electron chi connectivity index (χ0n) is 28.5. The molecule has 3 aromatic heterocycles. The summed E-state index contributed by atoms with van der Waals surface area (Å²) in [7, 11) is 0. The van der Waals surface area contributed by atoms with E-state index < -0.39 is 0 Å². The molecule has 0 N–H and O–H groups in total. The van der Waals surface area contributed by atoms with E-state index >= 15 is 0 Å². The van der Waals surface area contributed by atoms with Gasteiger partial charge < -0.3 is 4.74 Å². The van der Waals surface area contributed by atoms with Crippen molar-refractivity contribution >= 4 is 32.8 Å². The third kappa shape index (κ3) is 4.57. The molecule has 10 aromatic rings. The first-order chi connectivity index (χ1) is 26.3. The van der Waals surface area contributed by atoms with Gasteiger partial charge in [-0.05, 0) is 88.0 Å². The molecule has 0 amide bonds. The molecule has 0 atom stereocenters. The smallest absolute Gasteiger partial charge is 0.269 e. The Bertz CT molecular complexity index is 3050. The number of ether oxygens (including phenoxy) is 1. The van der Waals surface area contributed by atoms with Crippen LogP contribution in [-0.4, -0.2) is 14.1 Å². The lowest BCUT2D eigenvalue weighted by Gasteiger charge is -2.15. The van der Waals surface area contributed by atoms with Crippen LogP contribution in [0.15, 0.2) is 182 Å². The van der Waals surface area contributed by atoms with Crippen molar-refractivity contribution in [1.82, 2.24) is 14.1 Å². The molecular weight excluding hydrogens is 649 g/mol. The average Bonchev–Trinajstić information content (AvgIpc) is 3.78. The highest BCUT2D eigenvalue weighted by atomic mass is 16.5. The molecule has 0 unspecified atom stereocenters. The van der Waals surface area contributed by atoms with Gasteiger partial charge in [0.25, 0.3) is 6.33 Å². The van der Waals surface area contributed by atoms with Crippen molar-refractivity contribution in [2.45, 2.75) is 0 Å². The molecule has 0 saturated carbocycles. The first-order valence-electron chi connectivity index (χ1n) is 17.8. The summed E-state index contributed by atoms with van der Waals surface area (Å²) in [6, 6.07) is 61.7. The van der Waals surface area contributed by atoms with Crippen LogP contribution in [0, 0.1) is 6.33 Å². The van der Waals surface area contributed by atoms with Crippen LogP contribution in [-0.2, 0) is 0 Å². The van der Waals surface area contributed by atoms with Gasteiger partial charge in [0.1, 0.15) is 17.3 Å². The molecule has 1 aliphatic heterocycles. The van der Waals surface area contributed by atoms with E-state index in [0.29, 0.717) is 0 Å². The number of hydrogen-bond donors (Lipinski definition) is 0. The van der Waals surface area contributed by atoms with Crippen molar-refractivity contribution < 1.29 is 9.30 Å². The van der Waals surface area contributed by atoms with Gasteiger partial charge in [-0.25, -0.2) is 4.98 Å². The van der Waals surface area contributed by atoms with E-state index in [0.717, 1.165) is 67.3 Å². The highest BCUT2D eigenvalue weighted by Gasteiger charge is 2.24. The first-order valence-corrected chi connectivity index (χ1v) is 17.8. The Balaban J connectivity index is 1.07. The Morgan fingerprint density at radius 1 is 0.472 bits per heavy atom. The number of aromatic nitrogens is 4. The van der Waals surface area contributed by atoms with E-state index in [9.17, 15) is 0 Å². The molecule has 0 radical (unpaired) electrons. The summed E-state index contributed by atoms with van der Waals surface area (Å²) in [6.07, 6.45) is 5.62. The molecule has 5 nitrogen and oxygen atoms in total. The number of benzene rings is 7. The quantitative estimate of drug-likeness (QED) is 0.137. The predicted molar refractivity (Wildman–Crippen MR) is 212 cm³/mol. The maximum absolute atomic E-state index is 6.65. The Labute approximate surface area is 305 Å². The molecule has 0 fully saturated rings. The lowest BCUT2D eigenvalue weighted by molar-refractivity contribution is -0.571. The fourth-order valence-corrected chi connectivity index (χ4v) is 8.11. The standard InChI is InChI=1S/C48H30N4O/c1-3-17-37-35(15-1)36-16-2-4-18-38(36)42-21-12-24-45-48(42)51(43-22-7-5-19-39(37)43)31-50(45)32-13-11-14-33(29-32)53-34-26-27-41-40-20-6-8-23-44(40)52(46(41)30-34)47-25-9-10-28-49-47/h1-30H. The molecule has 4 heterocycles. The Morgan fingerprint density at radius 3 is 1.91 bits per heavy atom. The fraction of sp³-hybridized carbons (Fsp3) is 0. The zero-order valence-corrected chi connectivity index (χ0v) is 28.5. The van der Waals surface area contributed by atoms with Crippen LogP contribution in [0.2, 0.25) is 0 Å². The third-order valence-corrected chi connectivity index (χ3v) is 10.4. The zero-order chi connectivity index (χ0) is 34.9. The van der Waals surface area contributed by atoms with Crippen LogP contribution in [0.4, 0.5) is 0 Å². The summed E-state index contributed by atoms with van der Waals surface area (Å²) >= 11 is 0. The minimum absolute atomic E-state index is 0.737. The van der Waals surface area contributed by atoms with Crippen molar-refractivity contribution in [3.63, 3.8) is 0 Å². The van der Waals surface area contributed by atoms with Crippen molar-refractivity contribution in [3.8, 4) is 62.1 Å². The molecular formula is C48H30N4O. The number of imidazole rings is 1. The second-order valence-electron chi connectivity index (χ2n) is 13.4. The number of nitrogens with zero attached hydrogens (tertiary/aromatic N) is 4. The van der Waals surface area contributed by atoms with Crippen LogP contribution in [0.5, 0.6) is 11.5 Å². The van der Waals surface area contributed by atoms with E-state index in [-0.39, 0.29) is 0 Å². The maximum atomic E-state index is 6.65. The van der Waals surface area contributed by atoms with Gasteiger partial charge in [-0.1, -0.05) is 115 Å². The summed E-state index contributed by atoms with van der Waals surface area (Å²) in [5.74, 6) is 2.36. The van der Waals surface area contributed by atoms with E-state index in [1.54, 1.807) is 0 Å². The van der Waals surface area contributed by atoms with Gasteiger partial charge in [-0.2, -0.15) is 0 Å². The van der Waals surface area contributed by atoms with Crippen molar-refractivity contribution in [3.05, 3.63) is 188 Å². The molecule has 1 aliphatic rings. The summed E-state index contributed by atoms with van der Waals surface area (Å²) in [5.41, 5.74) is 13.5. The van der Waals surface area contributed by atoms with Crippen molar-refractivity contribution in [2.75, 3.05) is 0 Å². The molecule has 11 rings (SSSR count). The second-order valence-corrected chi connectivity index (χ2v) is 13.4. The van der Waals surface area contributed by atoms with Crippen LogP contribution in [0.1, 0.15) is 0 Å². The first kappa shape index (κ1) is 29.5. The van der Waals surface area contributed by atoms with Crippen molar-refractivity contribution in [1.29, 1.82) is 0 Å². The number of rotatable bonds is 4. The van der Waals surface area contributed by atoms with Gasteiger partial charge in [-0.15, -0.1) is 0 Å². The summed E-state index contributed by atoms with van der Waals surface area (Å²) in [6.45, 7) is 0. The molecule has 0 spiro atoms. The van der Waals surface area contributed by atoms with E-state index in [4.69, 9.17) is 9.72 Å². The topological polar surface area (TPSA) is 35.9 Å². The number of pyridine rings is 1. The molecule has 7 aromatic carbocycles. The summed E-state index contributed by atoms with van der Waals surface area (Å²) in [4.78, 5) is 4.69. The molecule has 0 aliphatic carbocycles. The second kappa shape index (κ2) is 11.7. The van der Waals surface area contributed by atoms with E-state index in [1.807, 2.05) is 42.6 Å². The minimum Gasteiger partial charge on any atom is -0.458 e. The van der Waals surface area contributed by atoms with Crippen LogP contribution in [0.3, 0.4) is 0 Å². The van der Waals surface area contributed by atoms with Crippen LogP contribution >= 0.6 is 0 Å². The monoisotopic (exact) mass is 678 g/mol. The lowest BCUT2D eigenvalue weighted by Crippen LogP contribution is -2.30. The molecule has 0 saturated heterocycles. The number of fused-ring (bicyclic) bond motifs is 10. The van der Waals surface area contributed by atoms with Crippen LogP contribution < -0.4 is 9.30 Å². The Hall–Kier alpha value is -7.24. The summed E-state index contributed by atoms with van der Waals surface area (Å²) < 4.78 is 13.2. The number of para-hydroxylation sites is 3. The van der Waals surface area contributed by atoms with Gasteiger partial charge >= 0.3 is 0 Å².